The zero-order chi connectivity index (χ0) is 17.1. The van der Waals surface area contributed by atoms with E-state index in [4.69, 9.17) is 5.26 Å². The van der Waals surface area contributed by atoms with Crippen LogP contribution in [0.25, 0.3) is 0 Å². The molecular weight excluding hydrogens is 317 g/mol. The number of halogens is 3. The molecule has 0 spiro atoms. The zero-order valence-electron chi connectivity index (χ0n) is 12.5. The smallest absolute Gasteiger partial charge is 0.369 e. The van der Waals surface area contributed by atoms with Crippen molar-refractivity contribution in [2.75, 3.05) is 26.6 Å². The average Bonchev–Trinajstić information content (AvgIpc) is 2.32. The summed E-state index contributed by atoms with van der Waals surface area (Å²) < 4.78 is 54.8. The molecule has 1 aromatic carbocycles. The Balaban J connectivity index is 3.71. The Labute approximate surface area is 127 Å². The van der Waals surface area contributed by atoms with Crippen molar-refractivity contribution in [3.63, 3.8) is 0 Å². The van der Waals surface area contributed by atoms with Crippen molar-refractivity contribution < 1.29 is 17.4 Å². The maximum atomic E-state index is 13.1. The van der Waals surface area contributed by atoms with Crippen molar-refractivity contribution in [1.29, 1.82) is 5.26 Å². The predicted molar refractivity (Wildman–Crippen MR) is 80.1 cm³/mol. The van der Waals surface area contributed by atoms with E-state index in [0.29, 0.717) is 6.07 Å². The van der Waals surface area contributed by atoms with E-state index in [1.165, 1.54) is 35.9 Å². The van der Waals surface area contributed by atoms with Gasteiger partial charge in [0.05, 0.1) is 28.8 Å². The fraction of sp³-hybridized carbons (Fsp3) is 0.385. The first kappa shape index (κ1) is 18.0. The molecule has 0 fully saturated rings. The maximum absolute atomic E-state index is 13.1. The number of rotatable bonds is 3. The van der Waals surface area contributed by atoms with Gasteiger partial charge in [0.2, 0.25) is 0 Å². The van der Waals surface area contributed by atoms with Crippen LogP contribution in [0.2, 0.25) is 0 Å². The van der Waals surface area contributed by atoms with Crippen LogP contribution < -0.4 is 0 Å². The predicted octanol–water partition coefficient (Wildman–Crippen LogP) is 3.16. The topological polar surface area (TPSA) is 68.8 Å². The van der Waals surface area contributed by atoms with Gasteiger partial charge in [-0.3, -0.25) is 0 Å². The molecule has 0 aromatic heterocycles. The molecule has 0 unspecified atom stereocenters. The van der Waals surface area contributed by atoms with Crippen LogP contribution in [0.3, 0.4) is 0 Å². The molecule has 0 amide bonds. The van der Waals surface area contributed by atoms with E-state index >= 15 is 0 Å². The van der Waals surface area contributed by atoms with Gasteiger partial charge in [-0.2, -0.15) is 22.8 Å². The molecule has 0 saturated carbocycles. The van der Waals surface area contributed by atoms with Gasteiger partial charge in [-0.15, -0.1) is 0 Å². The van der Waals surface area contributed by atoms with E-state index in [1.54, 1.807) is 14.1 Å². The number of hydrogen-bond acceptors (Lipinski definition) is 4. The van der Waals surface area contributed by atoms with Crippen LogP contribution in [-0.2, 0) is 15.9 Å². The number of nitrogens with zero attached hydrogens (tertiary/aromatic N) is 4. The van der Waals surface area contributed by atoms with Gasteiger partial charge in [-0.25, -0.2) is 9.20 Å². The summed E-state index contributed by atoms with van der Waals surface area (Å²) in [6.07, 6.45) is -0.848. The summed E-state index contributed by atoms with van der Waals surface area (Å²) in [5, 5.41) is 9.03. The van der Waals surface area contributed by atoms with E-state index < -0.39 is 27.0 Å². The molecule has 1 aromatic rings. The van der Waals surface area contributed by atoms with Gasteiger partial charge in [-0.1, -0.05) is 0 Å². The highest BCUT2D eigenvalue weighted by Gasteiger charge is 2.35. The molecule has 22 heavy (non-hydrogen) atoms. The highest BCUT2D eigenvalue weighted by molar-refractivity contribution is 7.92. The van der Waals surface area contributed by atoms with Crippen molar-refractivity contribution in [1.82, 2.24) is 4.90 Å². The summed E-state index contributed by atoms with van der Waals surface area (Å²) in [4.78, 5) is 5.38. The largest absolute Gasteiger partial charge is 0.417 e. The fourth-order valence-electron chi connectivity index (χ4n) is 1.54. The lowest BCUT2D eigenvalue weighted by Gasteiger charge is -2.12. The summed E-state index contributed by atoms with van der Waals surface area (Å²) >= 11 is 0. The lowest BCUT2D eigenvalue weighted by atomic mass is 10.0. The molecule has 0 heterocycles. The van der Waals surface area contributed by atoms with Crippen LogP contribution in [0.4, 0.5) is 24.5 Å². The highest BCUT2D eigenvalue weighted by atomic mass is 32.2. The first-order valence-electron chi connectivity index (χ1n) is 5.97. The van der Waals surface area contributed by atoms with Crippen molar-refractivity contribution in [2.24, 2.45) is 9.36 Å². The maximum Gasteiger partial charge on any atom is 0.417 e. The highest BCUT2D eigenvalue weighted by Crippen LogP contribution is 2.39. The Hall–Kier alpha value is -2.08. The number of aliphatic imine (C=N–C) groups is 1. The molecule has 120 valence electrons. The molecule has 1 rings (SSSR count). The molecule has 9 heteroatoms. The Bertz CT molecular complexity index is 746. The van der Waals surface area contributed by atoms with Gasteiger partial charge in [0, 0.05) is 36.3 Å². The van der Waals surface area contributed by atoms with Crippen LogP contribution in [0.1, 0.15) is 11.1 Å². The molecular formula is C13H15F3N4OS. The Morgan fingerprint density at radius 2 is 1.91 bits per heavy atom. The third kappa shape index (κ3) is 5.04. The molecule has 5 nitrogen and oxygen atoms in total. The molecule has 0 atom stereocenters. The monoisotopic (exact) mass is 332 g/mol. The summed E-state index contributed by atoms with van der Waals surface area (Å²) in [5.74, 6) is 0. The summed E-state index contributed by atoms with van der Waals surface area (Å²) in [6.45, 7) is 0. The lowest BCUT2D eigenvalue weighted by molar-refractivity contribution is -0.137. The van der Waals surface area contributed by atoms with Gasteiger partial charge < -0.3 is 4.90 Å². The summed E-state index contributed by atoms with van der Waals surface area (Å²) in [7, 11) is 0.632. The van der Waals surface area contributed by atoms with Crippen LogP contribution in [-0.4, -0.2) is 42.1 Å². The first-order valence-corrected chi connectivity index (χ1v) is 8.30. The second kappa shape index (κ2) is 6.36. The average molecular weight is 332 g/mol. The van der Waals surface area contributed by atoms with Crippen LogP contribution >= 0.6 is 0 Å². The van der Waals surface area contributed by atoms with E-state index in [9.17, 15) is 17.4 Å². The molecule has 0 aliphatic heterocycles. The van der Waals surface area contributed by atoms with Gasteiger partial charge in [0.1, 0.15) is 6.07 Å². The third-order valence-corrected chi connectivity index (χ3v) is 2.92. The molecule has 0 bridgehead atoms. The Morgan fingerprint density at radius 1 is 1.32 bits per heavy atom. The quantitative estimate of drug-likeness (QED) is 0.631. The number of hydrogen-bond donors (Lipinski definition) is 0. The number of alkyl halides is 3. The van der Waals surface area contributed by atoms with Crippen LogP contribution in [0, 0.1) is 11.3 Å². The Kier molecular flexibility index (Phi) is 5.19. The van der Waals surface area contributed by atoms with Crippen molar-refractivity contribution in [3.05, 3.63) is 23.3 Å². The van der Waals surface area contributed by atoms with Crippen LogP contribution in [0.15, 0.2) is 21.5 Å². The lowest BCUT2D eigenvalue weighted by Crippen LogP contribution is -2.09. The minimum Gasteiger partial charge on any atom is -0.369 e. The van der Waals surface area contributed by atoms with Gasteiger partial charge >= 0.3 is 6.18 Å². The summed E-state index contributed by atoms with van der Waals surface area (Å²) in [6, 6.07) is 3.44. The normalized spacial score (nSPS) is 12.3. The molecule has 0 N–H and O–H groups in total. The molecule has 0 aliphatic carbocycles. The summed E-state index contributed by atoms with van der Waals surface area (Å²) in [5.41, 5.74) is -2.05. The van der Waals surface area contributed by atoms with E-state index in [1.807, 2.05) is 0 Å². The first-order chi connectivity index (χ1) is 9.94. The standard InChI is InChI=1S/C13H15F3N4OS/c1-20(2)8-18-12-6-9(19-22(3,4)21)5-11(10(12)7-17)13(14,15)16/h5-6,8H,1-4H3/b18-8-. The SMILES string of the molecule is CN(C)/C=N\c1cc(N=S(C)(C)=O)cc(C(F)(F)F)c1C#N. The van der Waals surface area contributed by atoms with E-state index in [2.05, 4.69) is 9.36 Å². The number of nitriles is 1. The Morgan fingerprint density at radius 3 is 2.32 bits per heavy atom. The van der Waals surface area contributed by atoms with E-state index in [-0.39, 0.29) is 11.4 Å². The molecule has 0 saturated heterocycles. The van der Waals surface area contributed by atoms with Crippen LogP contribution in [0.5, 0.6) is 0 Å². The second-order valence-electron chi connectivity index (χ2n) is 4.98. The van der Waals surface area contributed by atoms with Gasteiger partial charge in [0.25, 0.3) is 0 Å². The van der Waals surface area contributed by atoms with Gasteiger partial charge in [0.15, 0.2) is 0 Å². The zero-order valence-corrected chi connectivity index (χ0v) is 13.3. The molecule has 0 aliphatic rings. The van der Waals surface area contributed by atoms with Gasteiger partial charge in [-0.05, 0) is 12.1 Å². The minimum absolute atomic E-state index is 0.132. The minimum atomic E-state index is -4.73. The van der Waals surface area contributed by atoms with Crippen molar-refractivity contribution in [2.45, 2.75) is 6.18 Å². The number of benzene rings is 1. The fourth-order valence-corrected chi connectivity index (χ4v) is 2.15. The van der Waals surface area contributed by atoms with Crippen molar-refractivity contribution >= 4 is 27.4 Å². The molecule has 0 radical (unpaired) electrons. The van der Waals surface area contributed by atoms with E-state index in [0.717, 1.165) is 0 Å². The third-order valence-electron chi connectivity index (χ3n) is 2.27. The van der Waals surface area contributed by atoms with Crippen molar-refractivity contribution in [3.8, 4) is 6.07 Å². The second-order valence-corrected chi connectivity index (χ2v) is 7.52.